The van der Waals surface area contributed by atoms with Gasteiger partial charge in [0.05, 0.1) is 7.11 Å². The van der Waals surface area contributed by atoms with Gasteiger partial charge >= 0.3 is 0 Å². The second-order valence-electron chi connectivity index (χ2n) is 5.17. The quantitative estimate of drug-likeness (QED) is 0.915. The third kappa shape index (κ3) is 3.79. The molecule has 0 aliphatic rings. The van der Waals surface area contributed by atoms with Gasteiger partial charge in [0.1, 0.15) is 11.5 Å². The first-order valence-corrected chi connectivity index (χ1v) is 7.19. The van der Waals surface area contributed by atoms with Crippen molar-refractivity contribution < 1.29 is 14.3 Å². The molecule has 4 heteroatoms. The summed E-state index contributed by atoms with van der Waals surface area (Å²) in [5.41, 5.74) is 3.02. The summed E-state index contributed by atoms with van der Waals surface area (Å²) in [6, 6.07) is 13.0. The highest BCUT2D eigenvalue weighted by Gasteiger charge is 2.16. The third-order valence-corrected chi connectivity index (χ3v) is 3.60. The Balaban J connectivity index is 2.01. The fraction of sp³-hybridized carbons (Fsp3) is 0.278. The van der Waals surface area contributed by atoms with Gasteiger partial charge in [-0.05, 0) is 62.2 Å². The van der Waals surface area contributed by atoms with Crippen LogP contribution in [0.2, 0.25) is 0 Å². The average Bonchev–Trinajstić information content (AvgIpc) is 2.52. The predicted octanol–water partition coefficient (Wildman–Crippen LogP) is 3.72. The van der Waals surface area contributed by atoms with Gasteiger partial charge in [-0.2, -0.15) is 0 Å². The molecule has 2 rings (SSSR count). The minimum Gasteiger partial charge on any atom is -0.497 e. The number of aryl methyl sites for hydroxylation is 1. The number of methoxy groups -OCH3 is 1. The molecule has 0 radical (unpaired) electrons. The Labute approximate surface area is 131 Å². The van der Waals surface area contributed by atoms with E-state index in [1.807, 2.05) is 32.0 Å². The number of benzene rings is 2. The van der Waals surface area contributed by atoms with E-state index in [1.165, 1.54) is 0 Å². The highest BCUT2D eigenvalue weighted by Crippen LogP contribution is 2.20. The first kappa shape index (κ1) is 15.9. The summed E-state index contributed by atoms with van der Waals surface area (Å²) in [5, 5.41) is 2.90. The molecule has 0 bridgehead atoms. The molecule has 0 aliphatic carbocycles. The van der Waals surface area contributed by atoms with Crippen LogP contribution in [0.4, 0.5) is 5.69 Å². The largest absolute Gasteiger partial charge is 0.497 e. The molecular weight excluding hydrogens is 278 g/mol. The lowest BCUT2D eigenvalue weighted by atomic mass is 10.1. The summed E-state index contributed by atoms with van der Waals surface area (Å²) in [7, 11) is 1.61. The zero-order valence-corrected chi connectivity index (χ0v) is 13.3. The molecule has 0 unspecified atom stereocenters. The molecule has 1 atom stereocenters. The molecular formula is C18H21NO3. The molecule has 0 aromatic heterocycles. The number of carbonyl (C=O) groups excluding carboxylic acids is 1. The molecule has 0 aliphatic heterocycles. The van der Waals surface area contributed by atoms with Crippen LogP contribution in [0.3, 0.4) is 0 Å². The van der Waals surface area contributed by atoms with Gasteiger partial charge in [0.15, 0.2) is 6.10 Å². The first-order chi connectivity index (χ1) is 10.5. The van der Waals surface area contributed by atoms with Crippen LogP contribution in [0.1, 0.15) is 18.1 Å². The van der Waals surface area contributed by atoms with Crippen molar-refractivity contribution in [1.29, 1.82) is 0 Å². The Kier molecular flexibility index (Phi) is 5.04. The Morgan fingerprint density at radius 2 is 1.68 bits per heavy atom. The van der Waals surface area contributed by atoms with Crippen molar-refractivity contribution in [3.63, 3.8) is 0 Å². The maximum absolute atomic E-state index is 12.2. The first-order valence-electron chi connectivity index (χ1n) is 7.19. The lowest BCUT2D eigenvalue weighted by Gasteiger charge is -2.16. The summed E-state index contributed by atoms with van der Waals surface area (Å²) in [5.74, 6) is 1.20. The normalized spacial score (nSPS) is 11.6. The van der Waals surface area contributed by atoms with E-state index in [0.717, 1.165) is 22.6 Å². The SMILES string of the molecule is COc1ccc(O[C@@H](C)C(=O)Nc2cccc(C)c2C)cc1. The van der Waals surface area contributed by atoms with Crippen LogP contribution < -0.4 is 14.8 Å². The fourth-order valence-electron chi connectivity index (χ4n) is 2.03. The van der Waals surface area contributed by atoms with E-state index in [-0.39, 0.29) is 5.91 Å². The number of nitrogens with one attached hydrogen (secondary N) is 1. The molecule has 4 nitrogen and oxygen atoms in total. The highest BCUT2D eigenvalue weighted by molar-refractivity contribution is 5.94. The van der Waals surface area contributed by atoms with Gasteiger partial charge in [0, 0.05) is 5.69 Å². The van der Waals surface area contributed by atoms with Gasteiger partial charge in [-0.15, -0.1) is 0 Å². The van der Waals surface area contributed by atoms with E-state index in [4.69, 9.17) is 9.47 Å². The van der Waals surface area contributed by atoms with Crippen LogP contribution in [0.25, 0.3) is 0 Å². The van der Waals surface area contributed by atoms with Crippen molar-refractivity contribution >= 4 is 11.6 Å². The zero-order valence-electron chi connectivity index (χ0n) is 13.3. The van der Waals surface area contributed by atoms with E-state index < -0.39 is 6.10 Å². The van der Waals surface area contributed by atoms with Gasteiger partial charge in [-0.3, -0.25) is 4.79 Å². The van der Waals surface area contributed by atoms with Crippen LogP contribution in [0, 0.1) is 13.8 Å². The maximum Gasteiger partial charge on any atom is 0.265 e. The minimum absolute atomic E-state index is 0.176. The summed E-state index contributed by atoms with van der Waals surface area (Å²) >= 11 is 0. The van der Waals surface area contributed by atoms with E-state index in [0.29, 0.717) is 5.75 Å². The molecule has 0 saturated heterocycles. The van der Waals surface area contributed by atoms with Crippen molar-refractivity contribution in [3.05, 3.63) is 53.6 Å². The third-order valence-electron chi connectivity index (χ3n) is 3.60. The summed E-state index contributed by atoms with van der Waals surface area (Å²) in [6.07, 6.45) is -0.590. The van der Waals surface area contributed by atoms with Crippen molar-refractivity contribution in [3.8, 4) is 11.5 Å². The summed E-state index contributed by atoms with van der Waals surface area (Å²) in [6.45, 7) is 5.73. The molecule has 22 heavy (non-hydrogen) atoms. The van der Waals surface area contributed by atoms with E-state index in [9.17, 15) is 4.79 Å². The molecule has 2 aromatic rings. The van der Waals surface area contributed by atoms with E-state index >= 15 is 0 Å². The van der Waals surface area contributed by atoms with Crippen molar-refractivity contribution in [2.24, 2.45) is 0 Å². The fourth-order valence-corrected chi connectivity index (χ4v) is 2.03. The lowest BCUT2D eigenvalue weighted by molar-refractivity contribution is -0.122. The number of amides is 1. The summed E-state index contributed by atoms with van der Waals surface area (Å²) < 4.78 is 10.7. The zero-order chi connectivity index (χ0) is 16.1. The van der Waals surface area contributed by atoms with Gasteiger partial charge < -0.3 is 14.8 Å². The van der Waals surface area contributed by atoms with Crippen molar-refractivity contribution in [2.75, 3.05) is 12.4 Å². The van der Waals surface area contributed by atoms with Crippen LogP contribution >= 0.6 is 0 Å². The molecule has 0 heterocycles. The smallest absolute Gasteiger partial charge is 0.265 e. The topological polar surface area (TPSA) is 47.6 Å². The molecule has 0 saturated carbocycles. The lowest BCUT2D eigenvalue weighted by Crippen LogP contribution is -2.30. The number of ether oxygens (including phenoxy) is 2. The van der Waals surface area contributed by atoms with Crippen LogP contribution in [0.15, 0.2) is 42.5 Å². The molecule has 1 N–H and O–H groups in total. The Morgan fingerprint density at radius 3 is 2.32 bits per heavy atom. The Bertz CT molecular complexity index is 650. The average molecular weight is 299 g/mol. The van der Waals surface area contributed by atoms with E-state index in [2.05, 4.69) is 5.32 Å². The van der Waals surface area contributed by atoms with Gasteiger partial charge in [-0.1, -0.05) is 12.1 Å². The number of hydrogen-bond donors (Lipinski definition) is 1. The maximum atomic E-state index is 12.2. The number of carbonyl (C=O) groups is 1. The molecule has 0 spiro atoms. The van der Waals surface area contributed by atoms with Crippen LogP contribution in [-0.4, -0.2) is 19.1 Å². The van der Waals surface area contributed by atoms with Crippen LogP contribution in [-0.2, 0) is 4.79 Å². The summed E-state index contributed by atoms with van der Waals surface area (Å²) in [4.78, 5) is 12.2. The minimum atomic E-state index is -0.590. The second kappa shape index (κ2) is 6.98. The molecule has 0 fully saturated rings. The van der Waals surface area contributed by atoms with Gasteiger partial charge in [0.2, 0.25) is 0 Å². The molecule has 2 aromatic carbocycles. The molecule has 116 valence electrons. The second-order valence-corrected chi connectivity index (χ2v) is 5.17. The number of rotatable bonds is 5. The number of anilines is 1. The Morgan fingerprint density at radius 1 is 1.05 bits per heavy atom. The highest BCUT2D eigenvalue weighted by atomic mass is 16.5. The van der Waals surface area contributed by atoms with Crippen molar-refractivity contribution in [2.45, 2.75) is 26.9 Å². The van der Waals surface area contributed by atoms with E-state index in [1.54, 1.807) is 38.3 Å². The van der Waals surface area contributed by atoms with Crippen molar-refractivity contribution in [1.82, 2.24) is 0 Å². The number of hydrogen-bond acceptors (Lipinski definition) is 3. The van der Waals surface area contributed by atoms with Crippen LogP contribution in [0.5, 0.6) is 11.5 Å². The Hall–Kier alpha value is -2.49. The standard InChI is InChI=1S/C18H21NO3/c1-12-6-5-7-17(13(12)2)19-18(20)14(3)22-16-10-8-15(21-4)9-11-16/h5-11,14H,1-4H3,(H,19,20)/t14-/m0/s1. The predicted molar refractivity (Wildman–Crippen MR) is 87.6 cm³/mol. The van der Waals surface area contributed by atoms with Gasteiger partial charge in [0.25, 0.3) is 5.91 Å². The van der Waals surface area contributed by atoms with Gasteiger partial charge in [-0.25, -0.2) is 0 Å². The monoisotopic (exact) mass is 299 g/mol. The molecule has 1 amide bonds.